The predicted molar refractivity (Wildman–Crippen MR) is 92.9 cm³/mol. The van der Waals surface area contributed by atoms with E-state index in [9.17, 15) is 9.59 Å². The lowest BCUT2D eigenvalue weighted by Gasteiger charge is -2.15. The molecule has 1 aliphatic heterocycles. The van der Waals surface area contributed by atoms with Crippen LogP contribution in [-0.2, 0) is 20.9 Å². The molecule has 24 heavy (non-hydrogen) atoms. The van der Waals surface area contributed by atoms with Crippen LogP contribution in [0.1, 0.15) is 20.3 Å². The molecule has 0 aliphatic carbocycles. The number of nitrogens with zero attached hydrogens (tertiary/aromatic N) is 2. The third-order valence-electron chi connectivity index (χ3n) is 3.88. The lowest BCUT2D eigenvalue weighted by molar-refractivity contribution is -0.125. The topological polar surface area (TPSA) is 111 Å². The van der Waals surface area contributed by atoms with Crippen LogP contribution in [0.15, 0.2) is 12.3 Å². The summed E-state index contributed by atoms with van der Waals surface area (Å²) in [6.07, 6.45) is 2.63. The monoisotopic (exact) mass is 359 g/mol. The molecule has 9 heteroatoms. The van der Waals surface area contributed by atoms with Gasteiger partial charge in [-0.05, 0) is 12.3 Å². The van der Waals surface area contributed by atoms with E-state index in [1.165, 1.54) is 0 Å². The summed E-state index contributed by atoms with van der Waals surface area (Å²) < 4.78 is 7.09. The first-order chi connectivity index (χ1) is 11.0. The molecule has 136 valence electrons. The van der Waals surface area contributed by atoms with Crippen LogP contribution in [0, 0.1) is 11.8 Å². The number of carbonyl (C=O) groups is 2. The van der Waals surface area contributed by atoms with Crippen molar-refractivity contribution in [3.05, 3.63) is 12.3 Å². The van der Waals surface area contributed by atoms with E-state index in [2.05, 4.69) is 15.7 Å². The maximum Gasteiger partial charge on any atom is 0.244 e. The Bertz CT molecular complexity index is 543. The first-order valence-corrected chi connectivity index (χ1v) is 7.90. The minimum atomic E-state index is -0.615. The number of aromatic nitrogens is 2. The van der Waals surface area contributed by atoms with Gasteiger partial charge in [-0.3, -0.25) is 9.59 Å². The first kappa shape index (κ1) is 20.4. The number of anilines is 1. The fraction of sp³-hybridized carbons (Fsp3) is 0.667. The van der Waals surface area contributed by atoms with Crippen LogP contribution in [0.2, 0.25) is 0 Å². The average Bonchev–Trinajstić information content (AvgIpc) is 3.17. The Labute approximate surface area is 147 Å². The molecule has 2 rings (SSSR count). The van der Waals surface area contributed by atoms with E-state index in [-0.39, 0.29) is 36.7 Å². The van der Waals surface area contributed by atoms with Crippen LogP contribution >= 0.6 is 12.4 Å². The van der Waals surface area contributed by atoms with Crippen LogP contribution in [0.4, 0.5) is 5.82 Å². The summed E-state index contributed by atoms with van der Waals surface area (Å²) in [7, 11) is 0. The maximum absolute atomic E-state index is 12.0. The second-order valence-corrected chi connectivity index (χ2v) is 6.16. The van der Waals surface area contributed by atoms with Crippen LogP contribution in [0.3, 0.4) is 0 Å². The summed E-state index contributed by atoms with van der Waals surface area (Å²) in [4.78, 5) is 23.7. The molecule has 0 aromatic carbocycles. The molecule has 4 N–H and O–H groups in total. The standard InChI is InChI=1S/C15H25N5O3.ClH/c1-10(2)14(16)15(22)17-7-13(21)19-12-3-5-18-20(12)8-11-4-6-23-9-11;/h3,5,10-11,14H,4,6-9,16H2,1-2H3,(H,17,22)(H,19,21);1H/t11?,14-;/m0./s1. The summed E-state index contributed by atoms with van der Waals surface area (Å²) in [5, 5.41) is 9.51. The highest BCUT2D eigenvalue weighted by molar-refractivity contribution is 5.94. The molecule has 0 saturated carbocycles. The second-order valence-electron chi connectivity index (χ2n) is 6.16. The van der Waals surface area contributed by atoms with Crippen molar-refractivity contribution in [3.8, 4) is 0 Å². The van der Waals surface area contributed by atoms with Gasteiger partial charge in [0, 0.05) is 25.1 Å². The van der Waals surface area contributed by atoms with Gasteiger partial charge in [-0.2, -0.15) is 5.10 Å². The van der Waals surface area contributed by atoms with Gasteiger partial charge in [0.2, 0.25) is 11.8 Å². The Hall–Kier alpha value is -1.64. The molecule has 1 aromatic heterocycles. The quantitative estimate of drug-likeness (QED) is 0.651. The molecule has 2 heterocycles. The van der Waals surface area contributed by atoms with E-state index in [0.29, 0.717) is 18.3 Å². The number of rotatable bonds is 7. The minimum absolute atomic E-state index is 0. The van der Waals surface area contributed by atoms with Gasteiger partial charge in [0.05, 0.1) is 25.4 Å². The molecule has 2 amide bonds. The van der Waals surface area contributed by atoms with Crippen molar-refractivity contribution in [1.82, 2.24) is 15.1 Å². The van der Waals surface area contributed by atoms with Gasteiger partial charge in [-0.15, -0.1) is 12.4 Å². The minimum Gasteiger partial charge on any atom is -0.381 e. The number of amides is 2. The molecule has 2 atom stereocenters. The van der Waals surface area contributed by atoms with Crippen LogP contribution in [-0.4, -0.2) is 47.4 Å². The number of carbonyl (C=O) groups excluding carboxylic acids is 2. The van der Waals surface area contributed by atoms with E-state index in [1.54, 1.807) is 16.9 Å². The first-order valence-electron chi connectivity index (χ1n) is 7.90. The summed E-state index contributed by atoms with van der Waals surface area (Å²) in [5.41, 5.74) is 5.73. The van der Waals surface area contributed by atoms with Gasteiger partial charge in [0.25, 0.3) is 0 Å². The zero-order chi connectivity index (χ0) is 16.8. The van der Waals surface area contributed by atoms with Gasteiger partial charge in [0.15, 0.2) is 0 Å². The van der Waals surface area contributed by atoms with E-state index in [4.69, 9.17) is 10.5 Å². The fourth-order valence-corrected chi connectivity index (χ4v) is 2.33. The highest BCUT2D eigenvalue weighted by atomic mass is 35.5. The van der Waals surface area contributed by atoms with Crippen molar-refractivity contribution in [1.29, 1.82) is 0 Å². The largest absolute Gasteiger partial charge is 0.381 e. The molecule has 0 spiro atoms. The molecule has 1 unspecified atom stereocenters. The molecular weight excluding hydrogens is 334 g/mol. The van der Waals surface area contributed by atoms with Crippen molar-refractivity contribution in [3.63, 3.8) is 0 Å². The molecule has 0 radical (unpaired) electrons. The smallest absolute Gasteiger partial charge is 0.244 e. The van der Waals surface area contributed by atoms with Crippen molar-refractivity contribution in [2.45, 2.75) is 32.9 Å². The van der Waals surface area contributed by atoms with Gasteiger partial charge in [-0.1, -0.05) is 13.8 Å². The predicted octanol–water partition coefficient (Wildman–Crippen LogP) is 0.379. The molecule has 0 bridgehead atoms. The summed E-state index contributed by atoms with van der Waals surface area (Å²) >= 11 is 0. The third kappa shape index (κ3) is 5.77. The second kappa shape index (κ2) is 9.61. The lowest BCUT2D eigenvalue weighted by atomic mass is 10.1. The van der Waals surface area contributed by atoms with Crippen LogP contribution in [0.25, 0.3) is 0 Å². The molecular formula is C15H26ClN5O3. The van der Waals surface area contributed by atoms with Crippen LogP contribution < -0.4 is 16.4 Å². The Morgan fingerprint density at radius 3 is 2.88 bits per heavy atom. The number of nitrogens with two attached hydrogens (primary N) is 1. The number of hydrogen-bond donors (Lipinski definition) is 3. The highest BCUT2D eigenvalue weighted by Gasteiger charge is 2.19. The molecule has 1 aromatic rings. The van der Waals surface area contributed by atoms with E-state index in [1.807, 2.05) is 13.8 Å². The Balaban J connectivity index is 0.00000288. The molecule has 8 nitrogen and oxygen atoms in total. The number of nitrogens with one attached hydrogen (secondary N) is 2. The van der Waals surface area contributed by atoms with Crippen molar-refractivity contribution >= 4 is 30.0 Å². The summed E-state index contributed by atoms with van der Waals surface area (Å²) in [5.74, 6) is 0.414. The number of hydrogen-bond acceptors (Lipinski definition) is 5. The fourth-order valence-electron chi connectivity index (χ4n) is 2.33. The Morgan fingerprint density at radius 1 is 1.50 bits per heavy atom. The molecule has 1 saturated heterocycles. The average molecular weight is 360 g/mol. The molecule has 1 aliphatic rings. The summed E-state index contributed by atoms with van der Waals surface area (Å²) in [6, 6.07) is 1.12. The van der Waals surface area contributed by atoms with Gasteiger partial charge < -0.3 is 21.1 Å². The lowest BCUT2D eigenvalue weighted by Crippen LogP contribution is -2.46. The SMILES string of the molecule is CC(C)[C@H](N)C(=O)NCC(=O)Nc1ccnn1CC1CCOC1.Cl. The third-order valence-corrected chi connectivity index (χ3v) is 3.88. The van der Waals surface area contributed by atoms with Crippen molar-refractivity contribution in [2.75, 3.05) is 25.1 Å². The van der Waals surface area contributed by atoms with E-state index >= 15 is 0 Å². The van der Waals surface area contributed by atoms with Crippen molar-refractivity contribution < 1.29 is 14.3 Å². The zero-order valence-electron chi connectivity index (χ0n) is 14.0. The van der Waals surface area contributed by atoms with E-state index in [0.717, 1.165) is 19.6 Å². The van der Waals surface area contributed by atoms with Crippen LogP contribution in [0.5, 0.6) is 0 Å². The number of halogens is 1. The number of ether oxygens (including phenoxy) is 1. The van der Waals surface area contributed by atoms with E-state index < -0.39 is 6.04 Å². The normalized spacial score (nSPS) is 18.1. The zero-order valence-corrected chi connectivity index (χ0v) is 14.8. The van der Waals surface area contributed by atoms with Gasteiger partial charge >= 0.3 is 0 Å². The maximum atomic E-state index is 12.0. The van der Waals surface area contributed by atoms with Gasteiger partial charge in [0.1, 0.15) is 5.82 Å². The molecule has 1 fully saturated rings. The Kier molecular flexibility index (Phi) is 8.17. The highest BCUT2D eigenvalue weighted by Crippen LogP contribution is 2.17. The Morgan fingerprint density at radius 2 is 2.25 bits per heavy atom. The van der Waals surface area contributed by atoms with Gasteiger partial charge in [-0.25, -0.2) is 4.68 Å². The summed E-state index contributed by atoms with van der Waals surface area (Å²) in [6.45, 7) is 5.79. The van der Waals surface area contributed by atoms with Crippen molar-refractivity contribution in [2.24, 2.45) is 17.6 Å².